The van der Waals surface area contributed by atoms with E-state index in [0.29, 0.717) is 0 Å². The Bertz CT molecular complexity index is 893. The van der Waals surface area contributed by atoms with Gasteiger partial charge in [-0.3, -0.25) is 4.90 Å². The third kappa shape index (κ3) is 5.10. The van der Waals surface area contributed by atoms with Crippen LogP contribution in [0.15, 0.2) is 91.0 Å². The molecule has 4 rings (SSSR count). The van der Waals surface area contributed by atoms with Crippen molar-refractivity contribution in [3.05, 3.63) is 102 Å². The Labute approximate surface area is 166 Å². The lowest BCUT2D eigenvalue weighted by Crippen LogP contribution is -2.41. The second-order valence-corrected chi connectivity index (χ2v) is 6.94. The third-order valence-corrected chi connectivity index (χ3v) is 4.81. The maximum absolute atomic E-state index is 6.05. The maximum atomic E-state index is 6.05. The van der Waals surface area contributed by atoms with E-state index in [0.717, 1.165) is 43.3 Å². The van der Waals surface area contributed by atoms with Crippen LogP contribution in [0.2, 0.25) is 0 Å². The molecule has 3 nitrogen and oxygen atoms in total. The molecule has 1 aliphatic rings. The normalized spacial score (nSPS) is 17.6. The van der Waals surface area contributed by atoms with Crippen molar-refractivity contribution < 1.29 is 9.47 Å². The van der Waals surface area contributed by atoms with Crippen LogP contribution in [0.1, 0.15) is 11.1 Å². The van der Waals surface area contributed by atoms with Gasteiger partial charge in [-0.2, -0.15) is 0 Å². The van der Waals surface area contributed by atoms with Gasteiger partial charge in [-0.15, -0.1) is 0 Å². The summed E-state index contributed by atoms with van der Waals surface area (Å²) in [6, 6.07) is 28.6. The van der Waals surface area contributed by atoms with E-state index < -0.39 is 0 Å². The van der Waals surface area contributed by atoms with Crippen LogP contribution in [0, 0.1) is 0 Å². The second kappa shape index (κ2) is 9.36. The van der Waals surface area contributed by atoms with E-state index in [1.54, 1.807) is 0 Å². The first kappa shape index (κ1) is 18.5. The third-order valence-electron chi connectivity index (χ3n) is 4.81. The minimum absolute atomic E-state index is 0.0854. The lowest BCUT2D eigenvalue weighted by molar-refractivity contribution is -0.00611. The first-order valence-electron chi connectivity index (χ1n) is 9.75. The minimum atomic E-state index is 0.0854. The van der Waals surface area contributed by atoms with Gasteiger partial charge >= 0.3 is 0 Å². The van der Waals surface area contributed by atoms with E-state index in [4.69, 9.17) is 9.47 Å². The largest absolute Gasteiger partial charge is 0.457 e. The Kier molecular flexibility index (Phi) is 6.18. The van der Waals surface area contributed by atoms with Crippen LogP contribution in [-0.2, 0) is 11.3 Å². The summed E-state index contributed by atoms with van der Waals surface area (Å²) in [6.45, 7) is 3.58. The molecule has 1 aliphatic heterocycles. The summed E-state index contributed by atoms with van der Waals surface area (Å²) in [7, 11) is 0. The molecule has 1 fully saturated rings. The minimum Gasteiger partial charge on any atom is -0.457 e. The molecule has 0 bridgehead atoms. The van der Waals surface area contributed by atoms with Gasteiger partial charge in [-0.1, -0.05) is 78.9 Å². The van der Waals surface area contributed by atoms with Crippen LogP contribution < -0.4 is 4.74 Å². The molecule has 1 atom stereocenters. The van der Waals surface area contributed by atoms with Gasteiger partial charge < -0.3 is 9.47 Å². The second-order valence-electron chi connectivity index (χ2n) is 6.94. The topological polar surface area (TPSA) is 21.7 Å². The molecule has 3 heteroatoms. The van der Waals surface area contributed by atoms with E-state index in [-0.39, 0.29) is 6.10 Å². The summed E-state index contributed by atoms with van der Waals surface area (Å²) in [5, 5.41) is 0. The zero-order valence-electron chi connectivity index (χ0n) is 15.9. The molecule has 1 heterocycles. The molecular formula is C25H25NO2. The van der Waals surface area contributed by atoms with Gasteiger partial charge in [0.1, 0.15) is 11.5 Å². The average molecular weight is 371 g/mol. The van der Waals surface area contributed by atoms with Crippen LogP contribution in [0.4, 0.5) is 0 Å². The van der Waals surface area contributed by atoms with Gasteiger partial charge in [0.2, 0.25) is 0 Å². The molecule has 3 aromatic rings. The Morgan fingerprint density at radius 2 is 1.61 bits per heavy atom. The van der Waals surface area contributed by atoms with Crippen LogP contribution in [0.3, 0.4) is 0 Å². The zero-order valence-corrected chi connectivity index (χ0v) is 15.9. The van der Waals surface area contributed by atoms with Crippen molar-refractivity contribution in [1.82, 2.24) is 4.90 Å². The van der Waals surface area contributed by atoms with E-state index >= 15 is 0 Å². The number of ether oxygens (including phenoxy) is 2. The highest BCUT2D eigenvalue weighted by molar-refractivity contribution is 5.58. The Hall–Kier alpha value is -2.88. The molecule has 0 radical (unpaired) electrons. The number of hydrogen-bond donors (Lipinski definition) is 0. The number of nitrogens with zero attached hydrogens (tertiary/aromatic N) is 1. The smallest absolute Gasteiger partial charge is 0.134 e. The molecule has 0 aromatic heterocycles. The highest BCUT2D eigenvalue weighted by atomic mass is 16.5. The van der Waals surface area contributed by atoms with Crippen molar-refractivity contribution in [2.75, 3.05) is 19.7 Å². The average Bonchev–Trinajstić information content (AvgIpc) is 2.75. The monoisotopic (exact) mass is 371 g/mol. The van der Waals surface area contributed by atoms with Crippen molar-refractivity contribution in [1.29, 1.82) is 0 Å². The molecule has 0 spiro atoms. The van der Waals surface area contributed by atoms with Crippen molar-refractivity contribution in [3.63, 3.8) is 0 Å². The molecular weight excluding hydrogens is 346 g/mol. The number of para-hydroxylation sites is 2. The van der Waals surface area contributed by atoms with Gasteiger partial charge in [-0.25, -0.2) is 0 Å². The molecule has 0 amide bonds. The molecule has 142 valence electrons. The summed E-state index contributed by atoms with van der Waals surface area (Å²) in [5.74, 6) is 1.69. The standard InChI is InChI=1S/C25H25NO2/c1-3-9-21(10-4-1)19-26-17-18-27-24(20-26)16-15-22-11-7-8-14-25(22)28-23-12-5-2-6-13-23/h1-16,24H,17-20H2/b16-15+. The Morgan fingerprint density at radius 1 is 0.893 bits per heavy atom. The Morgan fingerprint density at radius 3 is 2.43 bits per heavy atom. The van der Waals surface area contributed by atoms with Gasteiger partial charge in [0, 0.05) is 25.2 Å². The highest BCUT2D eigenvalue weighted by Crippen LogP contribution is 2.26. The first-order valence-corrected chi connectivity index (χ1v) is 9.75. The SMILES string of the molecule is C(=C\C1CN(Cc2ccccc2)CCO1)/c1ccccc1Oc1ccccc1. The lowest BCUT2D eigenvalue weighted by Gasteiger charge is -2.31. The van der Waals surface area contributed by atoms with E-state index in [1.807, 2.05) is 48.5 Å². The summed E-state index contributed by atoms with van der Waals surface area (Å²) in [5.41, 5.74) is 2.39. The van der Waals surface area contributed by atoms with Gasteiger partial charge in [0.15, 0.2) is 0 Å². The van der Waals surface area contributed by atoms with Crippen molar-refractivity contribution in [2.24, 2.45) is 0 Å². The fourth-order valence-corrected chi connectivity index (χ4v) is 3.37. The fraction of sp³-hybridized carbons (Fsp3) is 0.200. The zero-order chi connectivity index (χ0) is 19.0. The van der Waals surface area contributed by atoms with Crippen LogP contribution >= 0.6 is 0 Å². The molecule has 0 aliphatic carbocycles. The molecule has 1 saturated heterocycles. The number of benzene rings is 3. The lowest BCUT2D eigenvalue weighted by atomic mass is 10.1. The van der Waals surface area contributed by atoms with Crippen molar-refractivity contribution in [3.8, 4) is 11.5 Å². The van der Waals surface area contributed by atoms with Gasteiger partial charge in [-0.05, 0) is 23.8 Å². The van der Waals surface area contributed by atoms with Crippen LogP contribution in [-0.4, -0.2) is 30.7 Å². The molecule has 3 aromatic carbocycles. The van der Waals surface area contributed by atoms with Crippen LogP contribution in [0.5, 0.6) is 11.5 Å². The first-order chi connectivity index (χ1) is 13.9. The maximum Gasteiger partial charge on any atom is 0.134 e. The van der Waals surface area contributed by atoms with E-state index in [9.17, 15) is 0 Å². The summed E-state index contributed by atoms with van der Waals surface area (Å²) in [6.07, 6.45) is 4.33. The van der Waals surface area contributed by atoms with Crippen molar-refractivity contribution in [2.45, 2.75) is 12.6 Å². The van der Waals surface area contributed by atoms with Gasteiger partial charge in [0.25, 0.3) is 0 Å². The quantitative estimate of drug-likeness (QED) is 0.580. The molecule has 0 saturated carbocycles. The predicted octanol–water partition coefficient (Wildman–Crippen LogP) is 5.39. The number of hydrogen-bond acceptors (Lipinski definition) is 3. The van der Waals surface area contributed by atoms with E-state index in [2.05, 4.69) is 53.5 Å². The fourth-order valence-electron chi connectivity index (χ4n) is 3.37. The van der Waals surface area contributed by atoms with Crippen molar-refractivity contribution >= 4 is 6.08 Å². The summed E-state index contributed by atoms with van der Waals surface area (Å²) < 4.78 is 12.0. The Balaban J connectivity index is 1.41. The highest BCUT2D eigenvalue weighted by Gasteiger charge is 2.18. The molecule has 1 unspecified atom stereocenters. The van der Waals surface area contributed by atoms with E-state index in [1.165, 1.54) is 5.56 Å². The number of morpholine rings is 1. The molecule has 0 N–H and O–H groups in total. The molecule has 28 heavy (non-hydrogen) atoms. The van der Waals surface area contributed by atoms with Gasteiger partial charge in [0.05, 0.1) is 12.7 Å². The predicted molar refractivity (Wildman–Crippen MR) is 113 cm³/mol. The summed E-state index contributed by atoms with van der Waals surface area (Å²) in [4.78, 5) is 2.44. The number of rotatable bonds is 6. The summed E-state index contributed by atoms with van der Waals surface area (Å²) >= 11 is 0. The van der Waals surface area contributed by atoms with Crippen LogP contribution in [0.25, 0.3) is 6.08 Å².